The number of unbranched alkanes of at least 4 members (excludes halogenated alkanes) is 1. The van der Waals surface area contributed by atoms with Gasteiger partial charge in [-0.15, -0.1) is 0 Å². The van der Waals surface area contributed by atoms with Gasteiger partial charge >= 0.3 is 0 Å². The second-order valence-electron chi connectivity index (χ2n) is 4.80. The van der Waals surface area contributed by atoms with E-state index < -0.39 is 0 Å². The summed E-state index contributed by atoms with van der Waals surface area (Å²) >= 11 is 0. The van der Waals surface area contributed by atoms with E-state index in [4.69, 9.17) is 0 Å². The van der Waals surface area contributed by atoms with Crippen LogP contribution < -0.4 is 0 Å². The molecule has 0 spiro atoms. The smallest absolute Gasteiger partial charge is 0.146 e. The number of hydrogen-bond donors (Lipinski definition) is 0. The van der Waals surface area contributed by atoms with E-state index in [2.05, 4.69) is 13.8 Å². The fraction of sp³-hybridized carbons (Fsp3) is 0.471. The first-order chi connectivity index (χ1) is 8.81. The van der Waals surface area contributed by atoms with Crippen molar-refractivity contribution in [2.45, 2.75) is 46.0 Å². The molecule has 0 bridgehead atoms. The van der Waals surface area contributed by atoms with Crippen LogP contribution in [0.1, 0.15) is 51.5 Å². The summed E-state index contributed by atoms with van der Waals surface area (Å²) in [6, 6.07) is 10.1. The highest BCUT2D eigenvalue weighted by molar-refractivity contribution is 5.82. The lowest BCUT2D eigenvalue weighted by Gasteiger charge is -2.15. The molecule has 0 amide bonds. The van der Waals surface area contributed by atoms with Gasteiger partial charge in [0.15, 0.2) is 0 Å². The van der Waals surface area contributed by atoms with Crippen molar-refractivity contribution in [3.05, 3.63) is 41.5 Å². The molecule has 1 atom stereocenters. The van der Waals surface area contributed by atoms with Crippen LogP contribution in [0.5, 0.6) is 0 Å². The molecule has 0 radical (unpaired) electrons. The van der Waals surface area contributed by atoms with Crippen LogP contribution in [0.25, 0.3) is 6.08 Å². The van der Waals surface area contributed by atoms with Gasteiger partial charge in [-0.25, -0.2) is 0 Å². The maximum absolute atomic E-state index is 11.3. The average molecular weight is 244 g/mol. The summed E-state index contributed by atoms with van der Waals surface area (Å²) in [5, 5.41) is 0. The van der Waals surface area contributed by atoms with E-state index in [-0.39, 0.29) is 0 Å². The van der Waals surface area contributed by atoms with Gasteiger partial charge in [-0.05, 0) is 36.0 Å². The standard InChI is InChI=1S/C17H24O/c1-3-5-12-16(9-4-2)17(14-18)13-15-10-7-6-8-11-15/h6-8,10-11,13-14,16H,3-5,9,12H2,1-2H3. The third-order valence-electron chi connectivity index (χ3n) is 3.28. The number of carbonyl (C=O) groups excluding carboxylic acids is 1. The summed E-state index contributed by atoms with van der Waals surface area (Å²) in [6.07, 6.45) is 8.85. The van der Waals surface area contributed by atoms with Crippen LogP contribution in [0.4, 0.5) is 0 Å². The molecule has 0 heterocycles. The van der Waals surface area contributed by atoms with Gasteiger partial charge in [0.2, 0.25) is 0 Å². The van der Waals surface area contributed by atoms with Crippen LogP contribution >= 0.6 is 0 Å². The van der Waals surface area contributed by atoms with Gasteiger partial charge in [0, 0.05) is 0 Å². The molecule has 1 heteroatoms. The minimum atomic E-state index is 0.424. The number of aldehydes is 1. The molecular formula is C17H24O. The molecule has 0 saturated carbocycles. The lowest BCUT2D eigenvalue weighted by molar-refractivity contribution is -0.105. The Morgan fingerprint density at radius 2 is 1.83 bits per heavy atom. The average Bonchev–Trinajstić information content (AvgIpc) is 2.42. The number of benzene rings is 1. The molecule has 1 nitrogen and oxygen atoms in total. The number of allylic oxidation sites excluding steroid dienone is 1. The Kier molecular flexibility index (Phi) is 7.09. The molecule has 1 unspecified atom stereocenters. The highest BCUT2D eigenvalue weighted by atomic mass is 16.1. The van der Waals surface area contributed by atoms with Gasteiger partial charge in [-0.1, -0.05) is 63.4 Å². The second-order valence-corrected chi connectivity index (χ2v) is 4.80. The zero-order chi connectivity index (χ0) is 13.2. The summed E-state index contributed by atoms with van der Waals surface area (Å²) in [7, 11) is 0. The largest absolute Gasteiger partial charge is 0.298 e. The lowest BCUT2D eigenvalue weighted by Crippen LogP contribution is -2.05. The summed E-state index contributed by atoms with van der Waals surface area (Å²) < 4.78 is 0. The second kappa shape index (κ2) is 8.68. The van der Waals surface area contributed by atoms with Gasteiger partial charge in [-0.2, -0.15) is 0 Å². The molecule has 98 valence electrons. The maximum Gasteiger partial charge on any atom is 0.146 e. The Morgan fingerprint density at radius 3 is 2.39 bits per heavy atom. The highest BCUT2D eigenvalue weighted by Crippen LogP contribution is 2.24. The van der Waals surface area contributed by atoms with Crippen molar-refractivity contribution in [3.63, 3.8) is 0 Å². The van der Waals surface area contributed by atoms with E-state index in [0.717, 1.165) is 36.7 Å². The van der Waals surface area contributed by atoms with Gasteiger partial charge < -0.3 is 0 Å². The molecule has 18 heavy (non-hydrogen) atoms. The van der Waals surface area contributed by atoms with Crippen LogP contribution in [0, 0.1) is 5.92 Å². The Balaban J connectivity index is 2.83. The van der Waals surface area contributed by atoms with Crippen LogP contribution in [0.15, 0.2) is 35.9 Å². The van der Waals surface area contributed by atoms with E-state index in [1.165, 1.54) is 12.8 Å². The number of hydrogen-bond acceptors (Lipinski definition) is 1. The third kappa shape index (κ3) is 4.87. The van der Waals surface area contributed by atoms with Crippen LogP contribution in [0.2, 0.25) is 0 Å². The summed E-state index contributed by atoms with van der Waals surface area (Å²) in [5.41, 5.74) is 2.08. The fourth-order valence-electron chi connectivity index (χ4n) is 2.27. The Morgan fingerprint density at radius 1 is 1.11 bits per heavy atom. The Hall–Kier alpha value is -1.37. The Bertz CT molecular complexity index is 364. The van der Waals surface area contributed by atoms with E-state index in [9.17, 15) is 4.79 Å². The predicted octanol–water partition coefficient (Wildman–Crippen LogP) is 4.88. The molecule has 0 N–H and O–H groups in total. The van der Waals surface area contributed by atoms with Crippen molar-refractivity contribution in [1.82, 2.24) is 0 Å². The quantitative estimate of drug-likeness (QED) is 0.470. The Labute approximate surface area is 111 Å². The van der Waals surface area contributed by atoms with Crippen LogP contribution in [-0.2, 0) is 4.79 Å². The maximum atomic E-state index is 11.3. The molecule has 0 aliphatic heterocycles. The van der Waals surface area contributed by atoms with Crippen LogP contribution in [0.3, 0.4) is 0 Å². The molecule has 1 aromatic rings. The van der Waals surface area contributed by atoms with Crippen molar-refractivity contribution in [2.24, 2.45) is 5.92 Å². The van der Waals surface area contributed by atoms with Gasteiger partial charge in [0.25, 0.3) is 0 Å². The number of rotatable bonds is 8. The van der Waals surface area contributed by atoms with Crippen molar-refractivity contribution in [3.8, 4) is 0 Å². The van der Waals surface area contributed by atoms with E-state index in [0.29, 0.717) is 5.92 Å². The normalized spacial score (nSPS) is 13.3. The molecule has 1 rings (SSSR count). The van der Waals surface area contributed by atoms with Crippen molar-refractivity contribution < 1.29 is 4.79 Å². The van der Waals surface area contributed by atoms with Crippen molar-refractivity contribution >= 4 is 12.4 Å². The molecule has 1 aromatic carbocycles. The first-order valence-electron chi connectivity index (χ1n) is 7.03. The van der Waals surface area contributed by atoms with E-state index >= 15 is 0 Å². The highest BCUT2D eigenvalue weighted by Gasteiger charge is 2.12. The van der Waals surface area contributed by atoms with Crippen molar-refractivity contribution in [1.29, 1.82) is 0 Å². The topological polar surface area (TPSA) is 17.1 Å². The zero-order valence-electron chi connectivity index (χ0n) is 11.6. The molecule has 0 aromatic heterocycles. The van der Waals surface area contributed by atoms with E-state index in [1.807, 2.05) is 36.4 Å². The molecule has 0 fully saturated rings. The molecule has 0 saturated heterocycles. The minimum Gasteiger partial charge on any atom is -0.298 e. The monoisotopic (exact) mass is 244 g/mol. The summed E-state index contributed by atoms with van der Waals surface area (Å²) in [6.45, 7) is 4.38. The number of carbonyl (C=O) groups is 1. The molecular weight excluding hydrogens is 220 g/mol. The van der Waals surface area contributed by atoms with E-state index in [1.54, 1.807) is 0 Å². The first-order valence-corrected chi connectivity index (χ1v) is 7.03. The predicted molar refractivity (Wildman–Crippen MR) is 78.4 cm³/mol. The van der Waals surface area contributed by atoms with Crippen LogP contribution in [-0.4, -0.2) is 6.29 Å². The van der Waals surface area contributed by atoms with Gasteiger partial charge in [0.1, 0.15) is 6.29 Å². The molecule has 0 aliphatic carbocycles. The summed E-state index contributed by atoms with van der Waals surface area (Å²) in [5.74, 6) is 0.424. The van der Waals surface area contributed by atoms with Gasteiger partial charge in [0.05, 0.1) is 0 Å². The SMILES string of the molecule is CCCCC(CCC)C(C=O)=Cc1ccccc1. The van der Waals surface area contributed by atoms with Gasteiger partial charge in [-0.3, -0.25) is 4.79 Å². The molecule has 0 aliphatic rings. The fourth-order valence-corrected chi connectivity index (χ4v) is 2.27. The first kappa shape index (κ1) is 14.7. The minimum absolute atomic E-state index is 0.424. The lowest BCUT2D eigenvalue weighted by atomic mass is 9.89. The van der Waals surface area contributed by atoms with Crippen molar-refractivity contribution in [2.75, 3.05) is 0 Å². The zero-order valence-corrected chi connectivity index (χ0v) is 11.6. The third-order valence-corrected chi connectivity index (χ3v) is 3.28. The summed E-state index contributed by atoms with van der Waals surface area (Å²) in [4.78, 5) is 11.3.